The second-order valence-electron chi connectivity index (χ2n) is 6.45. The number of anilines is 1. The number of nitrogens with one attached hydrogen (secondary N) is 1. The van der Waals surface area contributed by atoms with Gasteiger partial charge in [0.1, 0.15) is 0 Å². The number of hydrogen-bond acceptors (Lipinski definition) is 3. The Morgan fingerprint density at radius 3 is 2.52 bits per heavy atom. The molecule has 0 aliphatic carbocycles. The molecule has 1 atom stereocenters. The molecule has 2 aromatic carbocycles. The van der Waals surface area contributed by atoms with Gasteiger partial charge in [-0.3, -0.25) is 9.59 Å². The predicted molar refractivity (Wildman–Crippen MR) is 102 cm³/mol. The summed E-state index contributed by atoms with van der Waals surface area (Å²) in [6.45, 7) is 0.969. The zero-order valence-corrected chi connectivity index (χ0v) is 15.3. The number of carboxylic acids is 1. The van der Waals surface area contributed by atoms with Gasteiger partial charge in [-0.2, -0.15) is 0 Å². The Labute approximate surface area is 161 Å². The van der Waals surface area contributed by atoms with Crippen molar-refractivity contribution in [3.8, 4) is 0 Å². The van der Waals surface area contributed by atoms with Gasteiger partial charge in [-0.15, -0.1) is 0 Å². The van der Waals surface area contributed by atoms with Gasteiger partial charge in [-0.05, 0) is 43.2 Å². The van der Waals surface area contributed by atoms with Crippen molar-refractivity contribution < 1.29 is 19.5 Å². The Bertz CT molecular complexity index is 870. The number of benzene rings is 2. The number of aromatic carboxylic acids is 1. The number of carbonyl (C=O) groups excluding carboxylic acids is 2. The maximum atomic E-state index is 12.6. The third kappa shape index (κ3) is 4.46. The van der Waals surface area contributed by atoms with Crippen LogP contribution in [0.2, 0.25) is 5.02 Å². The fourth-order valence-corrected chi connectivity index (χ4v) is 3.41. The zero-order valence-electron chi connectivity index (χ0n) is 14.5. The van der Waals surface area contributed by atoms with E-state index in [2.05, 4.69) is 5.32 Å². The van der Waals surface area contributed by atoms with E-state index in [-0.39, 0.29) is 28.3 Å². The molecule has 0 spiro atoms. The van der Waals surface area contributed by atoms with Crippen LogP contribution in [0, 0.1) is 5.92 Å². The SMILES string of the molecule is O=C(O)c1ccc(NC(=O)C2CCCN(C(=O)c3ccccc3)C2)cc1Cl. The van der Waals surface area contributed by atoms with E-state index in [1.165, 1.54) is 18.2 Å². The van der Waals surface area contributed by atoms with Crippen molar-refractivity contribution in [1.29, 1.82) is 0 Å². The lowest BCUT2D eigenvalue weighted by molar-refractivity contribution is -0.121. The molecule has 0 bridgehead atoms. The number of hydrogen-bond donors (Lipinski definition) is 2. The maximum absolute atomic E-state index is 12.6. The lowest BCUT2D eigenvalue weighted by Crippen LogP contribution is -2.43. The van der Waals surface area contributed by atoms with Gasteiger partial charge in [0.15, 0.2) is 0 Å². The van der Waals surface area contributed by atoms with Crippen LogP contribution < -0.4 is 5.32 Å². The van der Waals surface area contributed by atoms with Gasteiger partial charge in [0.2, 0.25) is 5.91 Å². The number of amides is 2. The second-order valence-corrected chi connectivity index (χ2v) is 6.85. The van der Waals surface area contributed by atoms with Crippen molar-refractivity contribution >= 4 is 35.1 Å². The molecule has 1 saturated heterocycles. The fourth-order valence-electron chi connectivity index (χ4n) is 3.15. The minimum absolute atomic E-state index is 0.0213. The van der Waals surface area contributed by atoms with Gasteiger partial charge in [0.05, 0.1) is 16.5 Å². The lowest BCUT2D eigenvalue weighted by Gasteiger charge is -2.32. The van der Waals surface area contributed by atoms with Crippen LogP contribution in [0.5, 0.6) is 0 Å². The molecule has 1 fully saturated rings. The van der Waals surface area contributed by atoms with Gasteiger partial charge in [0.25, 0.3) is 5.91 Å². The molecule has 1 aliphatic rings. The topological polar surface area (TPSA) is 86.7 Å². The molecule has 3 rings (SSSR count). The van der Waals surface area contributed by atoms with Crippen molar-refractivity contribution in [2.45, 2.75) is 12.8 Å². The number of carbonyl (C=O) groups is 3. The van der Waals surface area contributed by atoms with Crippen LogP contribution in [0.3, 0.4) is 0 Å². The average molecular weight is 387 g/mol. The predicted octanol–water partition coefficient (Wildman–Crippen LogP) is 3.53. The number of carboxylic acid groups (broad SMARTS) is 1. The minimum Gasteiger partial charge on any atom is -0.478 e. The first-order valence-corrected chi connectivity index (χ1v) is 9.01. The van der Waals surface area contributed by atoms with Crippen molar-refractivity contribution in [2.24, 2.45) is 5.92 Å². The average Bonchev–Trinajstić information content (AvgIpc) is 2.68. The van der Waals surface area contributed by atoms with E-state index in [4.69, 9.17) is 16.7 Å². The van der Waals surface area contributed by atoms with E-state index < -0.39 is 5.97 Å². The van der Waals surface area contributed by atoms with E-state index in [1.807, 2.05) is 18.2 Å². The van der Waals surface area contributed by atoms with Crippen molar-refractivity contribution in [3.05, 3.63) is 64.7 Å². The van der Waals surface area contributed by atoms with Crippen molar-refractivity contribution in [1.82, 2.24) is 4.90 Å². The number of nitrogens with zero attached hydrogens (tertiary/aromatic N) is 1. The van der Waals surface area contributed by atoms with E-state index in [0.717, 1.165) is 6.42 Å². The molecule has 1 unspecified atom stereocenters. The molecule has 2 aromatic rings. The smallest absolute Gasteiger partial charge is 0.337 e. The van der Waals surface area contributed by atoms with E-state index >= 15 is 0 Å². The van der Waals surface area contributed by atoms with Crippen LogP contribution >= 0.6 is 11.6 Å². The van der Waals surface area contributed by atoms with E-state index in [0.29, 0.717) is 30.8 Å². The quantitative estimate of drug-likeness (QED) is 0.841. The van der Waals surface area contributed by atoms with Crippen LogP contribution in [0.1, 0.15) is 33.6 Å². The molecule has 1 aliphatic heterocycles. The standard InChI is InChI=1S/C20H19ClN2O4/c21-17-11-15(8-9-16(17)20(26)27)22-18(24)14-7-4-10-23(12-14)19(25)13-5-2-1-3-6-13/h1-3,5-6,8-9,11,14H,4,7,10,12H2,(H,22,24)(H,26,27). The molecular formula is C20H19ClN2O4. The fraction of sp³-hybridized carbons (Fsp3) is 0.250. The lowest BCUT2D eigenvalue weighted by atomic mass is 9.96. The molecule has 27 heavy (non-hydrogen) atoms. The minimum atomic E-state index is -1.12. The highest BCUT2D eigenvalue weighted by Crippen LogP contribution is 2.24. The third-order valence-corrected chi connectivity index (χ3v) is 4.88. The molecule has 7 heteroatoms. The second kappa shape index (κ2) is 8.22. The summed E-state index contributed by atoms with van der Waals surface area (Å²) in [6.07, 6.45) is 1.43. The Balaban J connectivity index is 1.66. The summed E-state index contributed by atoms with van der Waals surface area (Å²) in [5.74, 6) is -1.74. The molecule has 0 saturated carbocycles. The van der Waals surface area contributed by atoms with Crippen LogP contribution in [0.25, 0.3) is 0 Å². The van der Waals surface area contributed by atoms with Gasteiger partial charge < -0.3 is 15.3 Å². The van der Waals surface area contributed by atoms with Gasteiger partial charge >= 0.3 is 5.97 Å². The molecular weight excluding hydrogens is 368 g/mol. The molecule has 0 aromatic heterocycles. The summed E-state index contributed by atoms with van der Waals surface area (Å²) in [5, 5.41) is 11.8. The first-order valence-electron chi connectivity index (χ1n) is 8.63. The van der Waals surface area contributed by atoms with E-state index in [1.54, 1.807) is 17.0 Å². The van der Waals surface area contributed by atoms with Crippen LogP contribution in [-0.2, 0) is 4.79 Å². The first kappa shape index (κ1) is 18.9. The monoisotopic (exact) mass is 386 g/mol. The van der Waals surface area contributed by atoms with Crippen LogP contribution in [0.15, 0.2) is 48.5 Å². The largest absolute Gasteiger partial charge is 0.478 e. The normalized spacial score (nSPS) is 16.6. The molecule has 6 nitrogen and oxygen atoms in total. The highest BCUT2D eigenvalue weighted by atomic mass is 35.5. The third-order valence-electron chi connectivity index (χ3n) is 4.57. The van der Waals surface area contributed by atoms with Crippen molar-refractivity contribution in [3.63, 3.8) is 0 Å². The van der Waals surface area contributed by atoms with E-state index in [9.17, 15) is 14.4 Å². The summed E-state index contributed by atoms with van der Waals surface area (Å²) in [6, 6.07) is 13.3. The van der Waals surface area contributed by atoms with Gasteiger partial charge in [-0.25, -0.2) is 4.79 Å². The molecule has 2 N–H and O–H groups in total. The van der Waals surface area contributed by atoms with Crippen molar-refractivity contribution in [2.75, 3.05) is 18.4 Å². The van der Waals surface area contributed by atoms with Crippen LogP contribution in [0.4, 0.5) is 5.69 Å². The summed E-state index contributed by atoms with van der Waals surface area (Å²) >= 11 is 5.94. The van der Waals surface area contributed by atoms with Gasteiger partial charge in [0, 0.05) is 24.3 Å². The number of likely N-dealkylation sites (tertiary alicyclic amines) is 1. The Kier molecular flexibility index (Phi) is 5.76. The summed E-state index contributed by atoms with van der Waals surface area (Å²) in [7, 11) is 0. The van der Waals surface area contributed by atoms with Gasteiger partial charge in [-0.1, -0.05) is 29.8 Å². The molecule has 1 heterocycles. The summed E-state index contributed by atoms with van der Waals surface area (Å²) < 4.78 is 0. The summed E-state index contributed by atoms with van der Waals surface area (Å²) in [4.78, 5) is 37.9. The number of rotatable bonds is 4. The first-order chi connectivity index (χ1) is 13.0. The number of piperidine rings is 1. The van der Waals surface area contributed by atoms with Crippen LogP contribution in [-0.4, -0.2) is 40.9 Å². The molecule has 0 radical (unpaired) electrons. The highest BCUT2D eigenvalue weighted by Gasteiger charge is 2.29. The number of halogens is 1. The maximum Gasteiger partial charge on any atom is 0.337 e. The zero-order chi connectivity index (χ0) is 19.4. The summed E-state index contributed by atoms with van der Waals surface area (Å²) in [5.41, 5.74) is 1.02. The Hall–Kier alpha value is -2.86. The highest BCUT2D eigenvalue weighted by molar-refractivity contribution is 6.33. The Morgan fingerprint density at radius 2 is 1.85 bits per heavy atom. The molecule has 140 valence electrons. The Morgan fingerprint density at radius 1 is 1.11 bits per heavy atom. The molecule has 2 amide bonds.